The Morgan fingerprint density at radius 1 is 1.00 bits per heavy atom. The Labute approximate surface area is 236 Å². The van der Waals surface area contributed by atoms with Crippen LogP contribution in [0.5, 0.6) is 0 Å². The van der Waals surface area contributed by atoms with E-state index in [2.05, 4.69) is 22.2 Å². The molecule has 5 rings (SSSR count). The summed E-state index contributed by atoms with van der Waals surface area (Å²) in [5.74, 6) is 0.460. The second-order valence-electron chi connectivity index (χ2n) is 11.0. The third-order valence-corrected chi connectivity index (χ3v) is 9.77. The summed E-state index contributed by atoms with van der Waals surface area (Å²) in [5.41, 5.74) is 0. The number of hydrogen-bond donors (Lipinski definition) is 1. The summed E-state index contributed by atoms with van der Waals surface area (Å²) in [5, 5.41) is 4.84. The number of halogens is 2. The third kappa shape index (κ3) is 7.18. The molecule has 1 atom stereocenters. The second-order valence-corrected chi connectivity index (χ2v) is 12.5. The molecule has 1 aromatic heterocycles. The molecule has 1 aromatic carbocycles. The van der Waals surface area contributed by atoms with E-state index in [1.807, 2.05) is 29.2 Å². The van der Waals surface area contributed by atoms with Crippen LogP contribution in [-0.4, -0.2) is 84.9 Å². The number of fused-ring (bicyclic) bond motifs is 1. The van der Waals surface area contributed by atoms with Crippen molar-refractivity contribution >= 4 is 57.2 Å². The molecule has 6 nitrogen and oxygen atoms in total. The number of nitrogens with one attached hydrogen (secondary N) is 1. The van der Waals surface area contributed by atoms with Crippen molar-refractivity contribution in [3.63, 3.8) is 0 Å². The van der Waals surface area contributed by atoms with E-state index in [1.165, 1.54) is 43.4 Å². The van der Waals surface area contributed by atoms with Crippen molar-refractivity contribution in [2.75, 3.05) is 46.3 Å². The zero-order valence-electron chi connectivity index (χ0n) is 21.8. The summed E-state index contributed by atoms with van der Waals surface area (Å²) in [4.78, 5) is 34.7. The summed E-state index contributed by atoms with van der Waals surface area (Å²) < 4.78 is 0.993. The number of carbonyl (C=O) groups is 2. The number of carbonyl (C=O) groups excluding carboxylic acids is 2. The molecule has 204 valence electrons. The Kier molecular flexibility index (Phi) is 10.1. The summed E-state index contributed by atoms with van der Waals surface area (Å²) in [6.45, 7) is 5.68. The molecule has 0 unspecified atom stereocenters. The minimum absolute atomic E-state index is 0. The van der Waals surface area contributed by atoms with Gasteiger partial charge in [0.25, 0.3) is 5.91 Å². The first-order chi connectivity index (χ1) is 17.5. The Morgan fingerprint density at radius 2 is 1.70 bits per heavy atom. The van der Waals surface area contributed by atoms with Gasteiger partial charge in [0, 0.05) is 41.9 Å². The maximum Gasteiger partial charge on any atom is 0.262 e. The van der Waals surface area contributed by atoms with E-state index in [9.17, 15) is 9.59 Å². The molecule has 1 aliphatic carbocycles. The van der Waals surface area contributed by atoms with Crippen LogP contribution in [-0.2, 0) is 4.79 Å². The fraction of sp³-hybridized carbons (Fsp3) is 0.643. The molecular weight excluding hydrogens is 527 g/mol. The molecular formula is C28H40Cl2N4O2S. The molecule has 0 bridgehead atoms. The van der Waals surface area contributed by atoms with Gasteiger partial charge >= 0.3 is 0 Å². The van der Waals surface area contributed by atoms with Crippen LogP contribution < -0.4 is 5.32 Å². The fourth-order valence-electron chi connectivity index (χ4n) is 6.21. The minimum Gasteiger partial charge on any atom is -0.340 e. The third-order valence-electron chi connectivity index (χ3n) is 8.43. The van der Waals surface area contributed by atoms with E-state index >= 15 is 0 Å². The van der Waals surface area contributed by atoms with Crippen LogP contribution in [0.15, 0.2) is 24.3 Å². The van der Waals surface area contributed by atoms with Crippen LogP contribution in [0, 0.1) is 5.92 Å². The predicted molar refractivity (Wildman–Crippen MR) is 155 cm³/mol. The average molecular weight is 568 g/mol. The number of amides is 2. The number of thiophene rings is 1. The van der Waals surface area contributed by atoms with Crippen molar-refractivity contribution in [3.05, 3.63) is 34.2 Å². The van der Waals surface area contributed by atoms with Gasteiger partial charge in [0.05, 0.1) is 4.88 Å². The van der Waals surface area contributed by atoms with E-state index in [0.29, 0.717) is 21.9 Å². The number of nitrogens with zero attached hydrogens (tertiary/aromatic N) is 3. The first-order valence-electron chi connectivity index (χ1n) is 13.7. The lowest BCUT2D eigenvalue weighted by Gasteiger charge is -2.43. The molecule has 3 aliphatic rings. The van der Waals surface area contributed by atoms with Crippen LogP contribution in [0.1, 0.15) is 61.0 Å². The van der Waals surface area contributed by atoms with Gasteiger partial charge in [-0.1, -0.05) is 49.8 Å². The van der Waals surface area contributed by atoms with Gasteiger partial charge in [-0.3, -0.25) is 14.5 Å². The SMILES string of the molecule is CN1CCC(N2CCN(C(=O)[C@@H](CC3CCCCC3)NC(=O)c3cc4ccc(Cl)cc4s3)CC2)CC1.Cl. The summed E-state index contributed by atoms with van der Waals surface area (Å²) in [6, 6.07) is 7.78. The summed E-state index contributed by atoms with van der Waals surface area (Å²) in [7, 11) is 2.20. The van der Waals surface area contributed by atoms with Gasteiger partial charge in [-0.25, -0.2) is 0 Å². The van der Waals surface area contributed by atoms with Gasteiger partial charge in [-0.15, -0.1) is 23.7 Å². The molecule has 1 saturated carbocycles. The smallest absolute Gasteiger partial charge is 0.262 e. The van der Waals surface area contributed by atoms with E-state index in [-0.39, 0.29) is 24.2 Å². The van der Waals surface area contributed by atoms with Crippen molar-refractivity contribution in [1.82, 2.24) is 20.0 Å². The highest BCUT2D eigenvalue weighted by molar-refractivity contribution is 7.20. The van der Waals surface area contributed by atoms with Crippen molar-refractivity contribution in [2.24, 2.45) is 5.92 Å². The number of piperazine rings is 1. The van der Waals surface area contributed by atoms with Crippen molar-refractivity contribution < 1.29 is 9.59 Å². The molecule has 2 aromatic rings. The van der Waals surface area contributed by atoms with E-state index in [4.69, 9.17) is 11.6 Å². The molecule has 37 heavy (non-hydrogen) atoms. The first-order valence-corrected chi connectivity index (χ1v) is 14.9. The topological polar surface area (TPSA) is 55.9 Å². The Hall–Kier alpha value is -1.38. The van der Waals surface area contributed by atoms with Gasteiger partial charge < -0.3 is 15.1 Å². The van der Waals surface area contributed by atoms with Crippen LogP contribution in [0.2, 0.25) is 5.02 Å². The number of hydrogen-bond acceptors (Lipinski definition) is 5. The van der Waals surface area contributed by atoms with Crippen LogP contribution in [0.3, 0.4) is 0 Å². The normalized spacial score (nSPS) is 21.5. The van der Waals surface area contributed by atoms with Crippen molar-refractivity contribution in [2.45, 2.75) is 63.5 Å². The van der Waals surface area contributed by atoms with Gasteiger partial charge in [-0.05, 0) is 68.9 Å². The lowest BCUT2D eigenvalue weighted by Crippen LogP contribution is -2.57. The Balaban J connectivity index is 0.00000320. The highest BCUT2D eigenvalue weighted by atomic mass is 35.5. The van der Waals surface area contributed by atoms with Gasteiger partial charge in [0.2, 0.25) is 5.91 Å². The van der Waals surface area contributed by atoms with E-state index < -0.39 is 6.04 Å². The number of rotatable bonds is 6. The molecule has 0 spiro atoms. The Bertz CT molecular complexity index is 1060. The maximum absolute atomic E-state index is 13.8. The minimum atomic E-state index is -0.454. The predicted octanol–water partition coefficient (Wildman–Crippen LogP) is 5.28. The zero-order valence-corrected chi connectivity index (χ0v) is 24.2. The van der Waals surface area contributed by atoms with Crippen LogP contribution >= 0.6 is 35.3 Å². The number of likely N-dealkylation sites (tertiary alicyclic amines) is 1. The number of benzene rings is 1. The lowest BCUT2D eigenvalue weighted by atomic mass is 9.84. The van der Waals surface area contributed by atoms with Crippen molar-refractivity contribution in [1.29, 1.82) is 0 Å². The van der Waals surface area contributed by atoms with Gasteiger partial charge in [0.15, 0.2) is 0 Å². The maximum atomic E-state index is 13.8. The van der Waals surface area contributed by atoms with E-state index in [1.54, 1.807) is 0 Å². The quantitative estimate of drug-likeness (QED) is 0.516. The molecule has 2 saturated heterocycles. The fourth-order valence-corrected chi connectivity index (χ4v) is 7.45. The van der Waals surface area contributed by atoms with Gasteiger partial charge in [-0.2, -0.15) is 0 Å². The Morgan fingerprint density at radius 3 is 2.41 bits per heavy atom. The highest BCUT2D eigenvalue weighted by Crippen LogP contribution is 2.30. The van der Waals surface area contributed by atoms with Crippen molar-refractivity contribution in [3.8, 4) is 0 Å². The first kappa shape index (κ1) is 28.6. The van der Waals surface area contributed by atoms with Crippen LogP contribution in [0.4, 0.5) is 0 Å². The highest BCUT2D eigenvalue weighted by Gasteiger charge is 2.33. The largest absolute Gasteiger partial charge is 0.340 e. The summed E-state index contributed by atoms with van der Waals surface area (Å²) >= 11 is 7.58. The van der Waals surface area contributed by atoms with Crippen LogP contribution in [0.25, 0.3) is 10.1 Å². The molecule has 3 fully saturated rings. The monoisotopic (exact) mass is 566 g/mol. The standard InChI is InChI=1S/C28H39ClN4O2S.ClH/c1-31-11-9-23(10-12-31)32-13-15-33(16-14-32)28(35)24(17-20-5-3-2-4-6-20)30-27(34)26-18-21-7-8-22(29)19-25(21)36-26;/h7-8,18-20,23-24H,2-6,9-17H2,1H3,(H,30,34);1H/t24-;/m1./s1. The molecule has 2 amide bonds. The number of piperidine rings is 1. The van der Waals surface area contributed by atoms with E-state index in [0.717, 1.165) is 68.6 Å². The molecule has 1 N–H and O–H groups in total. The molecule has 0 radical (unpaired) electrons. The summed E-state index contributed by atoms with van der Waals surface area (Å²) in [6.07, 6.45) is 9.23. The molecule has 3 heterocycles. The molecule has 2 aliphatic heterocycles. The average Bonchev–Trinajstić information content (AvgIpc) is 3.32. The zero-order chi connectivity index (χ0) is 25.1. The van der Waals surface area contributed by atoms with Gasteiger partial charge in [0.1, 0.15) is 6.04 Å². The second kappa shape index (κ2) is 13.1. The lowest BCUT2D eigenvalue weighted by molar-refractivity contribution is -0.136. The molecule has 9 heteroatoms.